The average Bonchev–Trinajstić information content (AvgIpc) is 2.48. The Kier molecular flexibility index (Phi) is 4.37. The topological polar surface area (TPSA) is 88.1 Å². The van der Waals surface area contributed by atoms with Crippen LogP contribution in [0.5, 0.6) is 5.75 Å². The van der Waals surface area contributed by atoms with Gasteiger partial charge in [-0.05, 0) is 49.9 Å². The summed E-state index contributed by atoms with van der Waals surface area (Å²) >= 11 is 0. The molecule has 0 aliphatic heterocycles. The molecule has 100 valence electrons. The molecular weight excluding hydrogens is 242 g/mol. The SMILES string of the molecule is N#Cc1ccc(OC2CCC(C(=O)NN)CC2)cc1. The number of nitrogens with one attached hydrogen (secondary N) is 1. The second-order valence-electron chi connectivity index (χ2n) is 4.74. The molecule has 19 heavy (non-hydrogen) atoms. The van der Waals surface area contributed by atoms with Gasteiger partial charge in [-0.15, -0.1) is 0 Å². The highest BCUT2D eigenvalue weighted by Crippen LogP contribution is 2.27. The van der Waals surface area contributed by atoms with Gasteiger partial charge in [-0.25, -0.2) is 5.84 Å². The van der Waals surface area contributed by atoms with Crippen molar-refractivity contribution in [3.8, 4) is 11.8 Å². The van der Waals surface area contributed by atoms with E-state index >= 15 is 0 Å². The zero-order valence-corrected chi connectivity index (χ0v) is 10.6. The molecule has 0 saturated heterocycles. The van der Waals surface area contributed by atoms with E-state index < -0.39 is 0 Å². The number of hydrogen-bond donors (Lipinski definition) is 2. The summed E-state index contributed by atoms with van der Waals surface area (Å²) in [7, 11) is 0. The number of nitrogens with zero attached hydrogens (tertiary/aromatic N) is 1. The summed E-state index contributed by atoms with van der Waals surface area (Å²) in [6.07, 6.45) is 3.42. The Morgan fingerprint density at radius 2 is 1.89 bits per heavy atom. The van der Waals surface area contributed by atoms with Crippen molar-refractivity contribution in [3.63, 3.8) is 0 Å². The number of carbonyl (C=O) groups is 1. The Balaban J connectivity index is 1.85. The van der Waals surface area contributed by atoms with Crippen LogP contribution in [-0.4, -0.2) is 12.0 Å². The second kappa shape index (κ2) is 6.21. The monoisotopic (exact) mass is 259 g/mol. The van der Waals surface area contributed by atoms with Crippen LogP contribution in [0, 0.1) is 17.2 Å². The van der Waals surface area contributed by atoms with Gasteiger partial charge < -0.3 is 4.74 Å². The molecule has 0 unspecified atom stereocenters. The lowest BCUT2D eigenvalue weighted by Gasteiger charge is -2.27. The number of benzene rings is 1. The molecule has 0 heterocycles. The normalized spacial score (nSPS) is 22.3. The van der Waals surface area contributed by atoms with E-state index in [4.69, 9.17) is 15.8 Å². The van der Waals surface area contributed by atoms with Crippen molar-refractivity contribution in [2.24, 2.45) is 11.8 Å². The molecule has 0 spiro atoms. The summed E-state index contributed by atoms with van der Waals surface area (Å²) in [4.78, 5) is 11.4. The lowest BCUT2D eigenvalue weighted by Crippen LogP contribution is -2.38. The van der Waals surface area contributed by atoms with Crippen LogP contribution in [0.4, 0.5) is 0 Å². The number of hydrogen-bond acceptors (Lipinski definition) is 4. The molecule has 1 aromatic rings. The fourth-order valence-corrected chi connectivity index (χ4v) is 2.36. The van der Waals surface area contributed by atoms with Gasteiger partial charge in [0.2, 0.25) is 5.91 Å². The van der Waals surface area contributed by atoms with Crippen LogP contribution < -0.4 is 16.0 Å². The van der Waals surface area contributed by atoms with Crippen molar-refractivity contribution in [2.75, 3.05) is 0 Å². The third kappa shape index (κ3) is 3.46. The highest BCUT2D eigenvalue weighted by atomic mass is 16.5. The molecule has 1 amide bonds. The number of rotatable bonds is 3. The Morgan fingerprint density at radius 3 is 2.42 bits per heavy atom. The number of ether oxygens (including phenoxy) is 1. The molecule has 1 aromatic carbocycles. The summed E-state index contributed by atoms with van der Waals surface area (Å²) in [6, 6.07) is 9.15. The quantitative estimate of drug-likeness (QED) is 0.489. The molecule has 1 saturated carbocycles. The van der Waals surface area contributed by atoms with Gasteiger partial charge >= 0.3 is 0 Å². The molecule has 5 nitrogen and oxygen atoms in total. The van der Waals surface area contributed by atoms with Crippen LogP contribution in [0.15, 0.2) is 24.3 Å². The lowest BCUT2D eigenvalue weighted by atomic mass is 9.87. The molecule has 0 atom stereocenters. The minimum absolute atomic E-state index is 0.00538. The maximum atomic E-state index is 11.4. The zero-order valence-electron chi connectivity index (χ0n) is 10.6. The maximum absolute atomic E-state index is 11.4. The summed E-state index contributed by atoms with van der Waals surface area (Å²) < 4.78 is 5.84. The summed E-state index contributed by atoms with van der Waals surface area (Å²) in [5, 5.41) is 8.72. The van der Waals surface area contributed by atoms with E-state index in [1.54, 1.807) is 24.3 Å². The lowest BCUT2D eigenvalue weighted by molar-refractivity contribution is -0.126. The number of nitrogens with two attached hydrogens (primary N) is 1. The Hall–Kier alpha value is -2.06. The molecule has 5 heteroatoms. The maximum Gasteiger partial charge on any atom is 0.236 e. The minimum atomic E-state index is -0.0863. The van der Waals surface area contributed by atoms with Gasteiger partial charge in [0.25, 0.3) is 0 Å². The first-order valence-corrected chi connectivity index (χ1v) is 6.40. The summed E-state index contributed by atoms with van der Waals surface area (Å²) in [6.45, 7) is 0. The van der Waals surface area contributed by atoms with Gasteiger partial charge in [0, 0.05) is 5.92 Å². The van der Waals surface area contributed by atoms with Crippen LogP contribution in [0.3, 0.4) is 0 Å². The van der Waals surface area contributed by atoms with Gasteiger partial charge in [0.1, 0.15) is 5.75 Å². The third-order valence-corrected chi connectivity index (χ3v) is 3.47. The average molecular weight is 259 g/mol. The molecular formula is C14H17N3O2. The highest BCUT2D eigenvalue weighted by molar-refractivity contribution is 5.78. The number of nitriles is 1. The van der Waals surface area contributed by atoms with Crippen molar-refractivity contribution in [1.82, 2.24) is 5.43 Å². The van der Waals surface area contributed by atoms with Crippen molar-refractivity contribution >= 4 is 5.91 Å². The van der Waals surface area contributed by atoms with E-state index in [2.05, 4.69) is 11.5 Å². The fourth-order valence-electron chi connectivity index (χ4n) is 2.36. The molecule has 0 bridgehead atoms. The van der Waals surface area contributed by atoms with Gasteiger partial charge in [0.05, 0.1) is 17.7 Å². The molecule has 3 N–H and O–H groups in total. The standard InChI is InChI=1S/C14H17N3O2/c15-9-10-1-5-12(6-2-10)19-13-7-3-11(4-8-13)14(18)17-16/h1-2,5-6,11,13H,3-4,7-8,16H2,(H,17,18). The van der Waals surface area contributed by atoms with E-state index in [1.807, 2.05) is 0 Å². The van der Waals surface area contributed by atoms with Gasteiger partial charge in [0.15, 0.2) is 0 Å². The van der Waals surface area contributed by atoms with E-state index in [0.29, 0.717) is 5.56 Å². The van der Waals surface area contributed by atoms with Crippen molar-refractivity contribution in [3.05, 3.63) is 29.8 Å². The number of hydrazine groups is 1. The first-order chi connectivity index (χ1) is 9.22. The zero-order chi connectivity index (χ0) is 13.7. The van der Waals surface area contributed by atoms with E-state index in [1.165, 1.54) is 0 Å². The first kappa shape index (κ1) is 13.4. The molecule has 0 aromatic heterocycles. The van der Waals surface area contributed by atoms with Crippen molar-refractivity contribution < 1.29 is 9.53 Å². The van der Waals surface area contributed by atoms with Crippen LogP contribution in [0.25, 0.3) is 0 Å². The van der Waals surface area contributed by atoms with Gasteiger partial charge in [-0.1, -0.05) is 0 Å². The first-order valence-electron chi connectivity index (χ1n) is 6.40. The molecule has 0 radical (unpaired) electrons. The second-order valence-corrected chi connectivity index (χ2v) is 4.74. The molecule has 1 aliphatic carbocycles. The van der Waals surface area contributed by atoms with E-state index in [9.17, 15) is 4.79 Å². The van der Waals surface area contributed by atoms with Crippen LogP contribution in [-0.2, 0) is 4.79 Å². The Morgan fingerprint density at radius 1 is 1.26 bits per heavy atom. The Labute approximate surface area is 112 Å². The van der Waals surface area contributed by atoms with Crippen LogP contribution >= 0.6 is 0 Å². The van der Waals surface area contributed by atoms with Crippen LogP contribution in [0.2, 0.25) is 0 Å². The largest absolute Gasteiger partial charge is 0.490 e. The molecule has 2 rings (SSSR count). The smallest absolute Gasteiger partial charge is 0.236 e. The van der Waals surface area contributed by atoms with Crippen molar-refractivity contribution in [1.29, 1.82) is 5.26 Å². The highest BCUT2D eigenvalue weighted by Gasteiger charge is 2.26. The predicted molar refractivity (Wildman–Crippen MR) is 69.9 cm³/mol. The van der Waals surface area contributed by atoms with Gasteiger partial charge in [-0.2, -0.15) is 5.26 Å². The van der Waals surface area contributed by atoms with Crippen LogP contribution in [0.1, 0.15) is 31.2 Å². The van der Waals surface area contributed by atoms with E-state index in [-0.39, 0.29) is 17.9 Å². The Bertz CT molecular complexity index is 470. The molecule has 1 aliphatic rings. The minimum Gasteiger partial charge on any atom is -0.490 e. The van der Waals surface area contributed by atoms with E-state index in [0.717, 1.165) is 31.4 Å². The third-order valence-electron chi connectivity index (χ3n) is 3.47. The predicted octanol–water partition coefficient (Wildman–Crippen LogP) is 1.49. The van der Waals surface area contributed by atoms with Gasteiger partial charge in [-0.3, -0.25) is 10.2 Å². The fraction of sp³-hybridized carbons (Fsp3) is 0.429. The summed E-state index contributed by atoms with van der Waals surface area (Å²) in [5.41, 5.74) is 2.82. The van der Waals surface area contributed by atoms with Crippen molar-refractivity contribution in [2.45, 2.75) is 31.8 Å². The summed E-state index contributed by atoms with van der Waals surface area (Å²) in [5.74, 6) is 5.82. The number of amides is 1. The molecule has 1 fully saturated rings. The number of carbonyl (C=O) groups excluding carboxylic acids is 1.